The molecule has 0 saturated carbocycles. The van der Waals surface area contributed by atoms with Crippen molar-refractivity contribution in [3.05, 3.63) is 55.1 Å². The van der Waals surface area contributed by atoms with E-state index in [0.29, 0.717) is 6.07 Å². The van der Waals surface area contributed by atoms with Gasteiger partial charge < -0.3 is 4.74 Å². The van der Waals surface area contributed by atoms with Crippen molar-refractivity contribution in [3.8, 4) is 11.5 Å². The van der Waals surface area contributed by atoms with Gasteiger partial charge in [-0.2, -0.15) is 16.8 Å². The SMILES string of the molecule is C=CCS(=O)(=O)c1ccc(S(=O)(=O)O)c(S(=O)(=O)O)c1Oc1ccccc1. The molecule has 2 rings (SSSR count). The summed E-state index contributed by atoms with van der Waals surface area (Å²) in [5.41, 5.74) is 0. The second-order valence-electron chi connectivity index (χ2n) is 5.16. The van der Waals surface area contributed by atoms with E-state index in [9.17, 15) is 34.4 Å². The average molecular weight is 434 g/mol. The molecule has 0 saturated heterocycles. The molecule has 27 heavy (non-hydrogen) atoms. The second kappa shape index (κ2) is 7.40. The second-order valence-corrected chi connectivity index (χ2v) is 9.91. The Labute approximate surface area is 156 Å². The number of rotatable bonds is 7. The fourth-order valence-corrected chi connectivity index (χ4v) is 5.33. The van der Waals surface area contributed by atoms with Crippen LogP contribution in [0.5, 0.6) is 11.5 Å². The summed E-state index contributed by atoms with van der Waals surface area (Å²) in [7, 11) is -14.7. The first-order valence-corrected chi connectivity index (χ1v) is 11.6. The molecular formula is C15H14O9S3. The number of para-hydroxylation sites is 1. The van der Waals surface area contributed by atoms with E-state index in [4.69, 9.17) is 4.74 Å². The van der Waals surface area contributed by atoms with Gasteiger partial charge >= 0.3 is 0 Å². The monoisotopic (exact) mass is 434 g/mol. The maximum absolute atomic E-state index is 12.4. The molecule has 0 bridgehead atoms. The average Bonchev–Trinajstić information content (AvgIpc) is 2.53. The summed E-state index contributed by atoms with van der Waals surface area (Å²) in [6.07, 6.45) is 1.03. The zero-order valence-corrected chi connectivity index (χ0v) is 16.0. The molecule has 0 atom stereocenters. The van der Waals surface area contributed by atoms with E-state index in [1.54, 1.807) is 6.07 Å². The largest absolute Gasteiger partial charge is 0.454 e. The Morgan fingerprint density at radius 3 is 1.89 bits per heavy atom. The lowest BCUT2D eigenvalue weighted by Crippen LogP contribution is -2.14. The third kappa shape index (κ3) is 4.73. The summed E-state index contributed by atoms with van der Waals surface area (Å²) in [6, 6.07) is 8.58. The van der Waals surface area contributed by atoms with Gasteiger partial charge in [0.2, 0.25) is 0 Å². The zero-order valence-electron chi connectivity index (χ0n) is 13.5. The van der Waals surface area contributed by atoms with Crippen LogP contribution in [0.25, 0.3) is 0 Å². The maximum atomic E-state index is 12.4. The van der Waals surface area contributed by atoms with Gasteiger partial charge in [-0.15, -0.1) is 6.58 Å². The molecule has 0 aliphatic rings. The molecule has 0 amide bonds. The topological polar surface area (TPSA) is 152 Å². The minimum Gasteiger partial charge on any atom is -0.454 e. The Kier molecular flexibility index (Phi) is 5.77. The predicted molar refractivity (Wildman–Crippen MR) is 94.8 cm³/mol. The molecular weight excluding hydrogens is 420 g/mol. The first-order chi connectivity index (χ1) is 12.4. The van der Waals surface area contributed by atoms with Crippen LogP contribution in [-0.2, 0) is 30.1 Å². The standard InChI is InChI=1S/C15H14O9S3/c1-2-10-25(16,17)12-8-9-13(26(18,19)20)15(27(21,22)23)14(12)24-11-6-4-3-5-7-11/h2-9H,1,10H2,(H,18,19,20)(H,21,22,23). The molecule has 0 radical (unpaired) electrons. The number of ether oxygens (including phenoxy) is 1. The molecule has 2 aromatic carbocycles. The van der Waals surface area contributed by atoms with Crippen LogP contribution in [-0.4, -0.2) is 40.1 Å². The van der Waals surface area contributed by atoms with Gasteiger partial charge in [-0.1, -0.05) is 24.3 Å². The van der Waals surface area contributed by atoms with Gasteiger partial charge in [0.05, 0.1) is 5.75 Å². The number of hydrogen-bond donors (Lipinski definition) is 2. The number of benzene rings is 2. The van der Waals surface area contributed by atoms with Crippen molar-refractivity contribution in [2.75, 3.05) is 5.75 Å². The molecule has 0 fully saturated rings. The number of hydrogen-bond acceptors (Lipinski definition) is 7. The summed E-state index contributed by atoms with van der Waals surface area (Å²) in [4.78, 5) is -3.32. The van der Waals surface area contributed by atoms with E-state index in [-0.39, 0.29) is 5.75 Å². The van der Waals surface area contributed by atoms with E-state index in [2.05, 4.69) is 6.58 Å². The van der Waals surface area contributed by atoms with Crippen molar-refractivity contribution in [2.45, 2.75) is 14.7 Å². The van der Waals surface area contributed by atoms with Crippen LogP contribution >= 0.6 is 0 Å². The molecule has 0 aliphatic heterocycles. The summed E-state index contributed by atoms with van der Waals surface area (Å²) in [5.74, 6) is -1.61. The van der Waals surface area contributed by atoms with Crippen LogP contribution in [0, 0.1) is 0 Å². The van der Waals surface area contributed by atoms with E-state index in [0.717, 1.165) is 12.1 Å². The maximum Gasteiger partial charge on any atom is 0.299 e. The number of sulfone groups is 1. The van der Waals surface area contributed by atoms with Crippen molar-refractivity contribution < 1.29 is 39.1 Å². The van der Waals surface area contributed by atoms with Crippen LogP contribution in [0.3, 0.4) is 0 Å². The van der Waals surface area contributed by atoms with Gasteiger partial charge in [-0.05, 0) is 24.3 Å². The summed E-state index contributed by atoms with van der Waals surface area (Å²) >= 11 is 0. The molecule has 0 unspecified atom stereocenters. The zero-order chi connectivity index (χ0) is 20.5. The van der Waals surface area contributed by atoms with E-state index in [1.165, 1.54) is 24.3 Å². The van der Waals surface area contributed by atoms with Gasteiger partial charge in [0.25, 0.3) is 20.2 Å². The highest BCUT2D eigenvalue weighted by Gasteiger charge is 2.34. The Morgan fingerprint density at radius 1 is 0.852 bits per heavy atom. The molecule has 0 heterocycles. The lowest BCUT2D eigenvalue weighted by molar-refractivity contribution is 0.427. The van der Waals surface area contributed by atoms with Crippen molar-refractivity contribution in [3.63, 3.8) is 0 Å². The molecule has 9 nitrogen and oxygen atoms in total. The van der Waals surface area contributed by atoms with E-state index < -0.39 is 56.3 Å². The molecule has 146 valence electrons. The summed E-state index contributed by atoms with van der Waals surface area (Å²) in [5, 5.41) is 0. The lowest BCUT2D eigenvalue weighted by atomic mass is 10.3. The Bertz CT molecular complexity index is 1180. The lowest BCUT2D eigenvalue weighted by Gasteiger charge is -2.16. The normalized spacial score (nSPS) is 12.5. The van der Waals surface area contributed by atoms with Crippen molar-refractivity contribution in [2.24, 2.45) is 0 Å². The Balaban J connectivity index is 2.98. The first kappa shape index (κ1) is 21.1. The summed E-state index contributed by atoms with van der Waals surface area (Å²) < 4.78 is 95.8. The molecule has 0 aromatic heterocycles. The van der Waals surface area contributed by atoms with Gasteiger partial charge in [-0.3, -0.25) is 9.11 Å². The smallest absolute Gasteiger partial charge is 0.299 e. The highest BCUT2D eigenvalue weighted by Crippen LogP contribution is 2.39. The third-order valence-electron chi connectivity index (χ3n) is 3.21. The summed E-state index contributed by atoms with van der Waals surface area (Å²) in [6.45, 7) is 3.29. The van der Waals surface area contributed by atoms with E-state index in [1.807, 2.05) is 0 Å². The molecule has 0 spiro atoms. The molecule has 12 heteroatoms. The predicted octanol–water partition coefficient (Wildman–Crippen LogP) is 1.93. The Morgan fingerprint density at radius 2 is 1.41 bits per heavy atom. The van der Waals surface area contributed by atoms with Crippen molar-refractivity contribution >= 4 is 30.1 Å². The van der Waals surface area contributed by atoms with E-state index >= 15 is 0 Å². The van der Waals surface area contributed by atoms with Crippen molar-refractivity contribution in [1.82, 2.24) is 0 Å². The van der Waals surface area contributed by atoms with Crippen LogP contribution in [0.4, 0.5) is 0 Å². The van der Waals surface area contributed by atoms with Crippen LogP contribution in [0.2, 0.25) is 0 Å². The van der Waals surface area contributed by atoms with Gasteiger partial charge in [-0.25, -0.2) is 8.42 Å². The van der Waals surface area contributed by atoms with Gasteiger partial charge in [0, 0.05) is 0 Å². The van der Waals surface area contributed by atoms with Crippen LogP contribution in [0.1, 0.15) is 0 Å². The highest BCUT2D eigenvalue weighted by atomic mass is 32.2. The van der Waals surface area contributed by atoms with Gasteiger partial charge in [0.15, 0.2) is 20.5 Å². The quantitative estimate of drug-likeness (QED) is 0.491. The minimum atomic E-state index is -5.32. The van der Waals surface area contributed by atoms with Crippen molar-refractivity contribution in [1.29, 1.82) is 0 Å². The van der Waals surface area contributed by atoms with Gasteiger partial charge in [0.1, 0.15) is 15.5 Å². The Hall–Kier alpha value is -2.25. The fraction of sp³-hybridized carbons (Fsp3) is 0.0667. The molecule has 2 aromatic rings. The first-order valence-electron chi connectivity index (χ1n) is 7.06. The van der Waals surface area contributed by atoms with Crippen LogP contribution < -0.4 is 4.74 Å². The molecule has 0 aliphatic carbocycles. The third-order valence-corrected chi connectivity index (χ3v) is 6.82. The fourth-order valence-electron chi connectivity index (χ4n) is 2.17. The minimum absolute atomic E-state index is 0.0371. The van der Waals surface area contributed by atoms with Crippen LogP contribution in [0.15, 0.2) is 69.8 Å². The molecule has 2 N–H and O–H groups in total. The highest BCUT2D eigenvalue weighted by molar-refractivity contribution is 7.92.